The quantitative estimate of drug-likeness (QED) is 0.798. The SMILES string of the molecule is O=C(N[C@H](C#Cc1ccccc1)C1CCCCC1)OCc1ccccc1. The van der Waals surface area contributed by atoms with E-state index in [0.717, 1.165) is 24.0 Å². The van der Waals surface area contributed by atoms with E-state index < -0.39 is 6.09 Å². The van der Waals surface area contributed by atoms with Gasteiger partial charge in [-0.05, 0) is 36.5 Å². The molecule has 26 heavy (non-hydrogen) atoms. The molecule has 0 saturated heterocycles. The molecule has 1 amide bonds. The summed E-state index contributed by atoms with van der Waals surface area (Å²) in [4.78, 5) is 12.3. The van der Waals surface area contributed by atoms with Crippen LogP contribution in [0.1, 0.15) is 43.2 Å². The summed E-state index contributed by atoms with van der Waals surface area (Å²) in [6.45, 7) is 0.274. The molecule has 1 fully saturated rings. The molecule has 0 heterocycles. The van der Waals surface area contributed by atoms with Crippen molar-refractivity contribution < 1.29 is 9.53 Å². The minimum Gasteiger partial charge on any atom is -0.445 e. The number of ether oxygens (including phenoxy) is 1. The Morgan fingerprint density at radius 2 is 1.65 bits per heavy atom. The van der Waals surface area contributed by atoms with Crippen LogP contribution >= 0.6 is 0 Å². The van der Waals surface area contributed by atoms with Crippen LogP contribution in [0.5, 0.6) is 0 Å². The van der Waals surface area contributed by atoms with Gasteiger partial charge >= 0.3 is 6.09 Å². The first kappa shape index (κ1) is 18.1. The fraction of sp³-hybridized carbons (Fsp3) is 0.348. The topological polar surface area (TPSA) is 38.3 Å². The Bertz CT molecular complexity index is 740. The van der Waals surface area contributed by atoms with Crippen LogP contribution in [0.3, 0.4) is 0 Å². The highest BCUT2D eigenvalue weighted by Gasteiger charge is 2.24. The van der Waals surface area contributed by atoms with E-state index in [0.29, 0.717) is 5.92 Å². The van der Waals surface area contributed by atoms with Gasteiger partial charge in [0.15, 0.2) is 0 Å². The minimum absolute atomic E-state index is 0.168. The lowest BCUT2D eigenvalue weighted by Crippen LogP contribution is -2.40. The zero-order valence-corrected chi connectivity index (χ0v) is 15.0. The number of carbonyl (C=O) groups is 1. The normalized spacial score (nSPS) is 15.4. The van der Waals surface area contributed by atoms with Gasteiger partial charge in [0.1, 0.15) is 6.61 Å². The Labute approximate surface area is 155 Å². The molecule has 3 heteroatoms. The van der Waals surface area contributed by atoms with Crippen molar-refractivity contribution in [2.45, 2.75) is 44.8 Å². The van der Waals surface area contributed by atoms with Gasteiger partial charge in [-0.1, -0.05) is 79.6 Å². The molecule has 0 spiro atoms. The van der Waals surface area contributed by atoms with Crippen molar-refractivity contribution in [2.75, 3.05) is 0 Å². The molecule has 0 aromatic heterocycles. The summed E-state index contributed by atoms with van der Waals surface area (Å²) in [6.07, 6.45) is 5.49. The maximum atomic E-state index is 12.3. The number of hydrogen-bond donors (Lipinski definition) is 1. The van der Waals surface area contributed by atoms with E-state index in [1.807, 2.05) is 60.7 Å². The lowest BCUT2D eigenvalue weighted by molar-refractivity contribution is 0.133. The Kier molecular flexibility index (Phi) is 6.73. The zero-order valence-electron chi connectivity index (χ0n) is 15.0. The van der Waals surface area contributed by atoms with E-state index in [4.69, 9.17) is 4.74 Å². The third-order valence-corrected chi connectivity index (χ3v) is 4.75. The number of nitrogens with one attached hydrogen (secondary N) is 1. The maximum Gasteiger partial charge on any atom is 0.408 e. The van der Waals surface area contributed by atoms with Gasteiger partial charge in [-0.15, -0.1) is 0 Å². The molecule has 1 aliphatic carbocycles. The smallest absolute Gasteiger partial charge is 0.408 e. The molecule has 134 valence electrons. The molecule has 1 saturated carbocycles. The molecular weight excluding hydrogens is 322 g/mol. The van der Waals surface area contributed by atoms with Crippen LogP contribution in [0.25, 0.3) is 0 Å². The van der Waals surface area contributed by atoms with Crippen LogP contribution in [0, 0.1) is 17.8 Å². The van der Waals surface area contributed by atoms with E-state index in [2.05, 4.69) is 17.2 Å². The Morgan fingerprint density at radius 1 is 1.00 bits per heavy atom. The van der Waals surface area contributed by atoms with Gasteiger partial charge in [-0.3, -0.25) is 0 Å². The molecule has 1 atom stereocenters. The molecular formula is C23H25NO2. The highest BCUT2D eigenvalue weighted by atomic mass is 16.5. The number of amides is 1. The second-order valence-corrected chi connectivity index (χ2v) is 6.72. The third-order valence-electron chi connectivity index (χ3n) is 4.75. The van der Waals surface area contributed by atoms with E-state index in [-0.39, 0.29) is 12.6 Å². The fourth-order valence-corrected chi connectivity index (χ4v) is 3.31. The molecule has 2 aromatic carbocycles. The van der Waals surface area contributed by atoms with Crippen molar-refractivity contribution in [3.8, 4) is 11.8 Å². The minimum atomic E-state index is -0.396. The molecule has 1 N–H and O–H groups in total. The van der Waals surface area contributed by atoms with Crippen molar-refractivity contribution in [1.29, 1.82) is 0 Å². The van der Waals surface area contributed by atoms with Gasteiger partial charge in [0.2, 0.25) is 0 Å². The van der Waals surface area contributed by atoms with Gasteiger partial charge in [0.25, 0.3) is 0 Å². The standard InChI is InChI=1S/C23H25NO2/c25-23(26-18-20-12-6-2-7-13-20)24-22(21-14-8-3-9-15-21)17-16-19-10-4-1-5-11-19/h1-2,4-7,10-13,21-22H,3,8-9,14-15,18H2,(H,24,25)/t22-/m1/s1. The summed E-state index contributed by atoms with van der Waals surface area (Å²) < 4.78 is 5.38. The Hall–Kier alpha value is -2.73. The Balaban J connectivity index is 1.63. The second kappa shape index (κ2) is 9.68. The molecule has 3 nitrogen and oxygen atoms in total. The van der Waals surface area contributed by atoms with Gasteiger partial charge in [0, 0.05) is 5.56 Å². The van der Waals surface area contributed by atoms with Gasteiger partial charge in [0.05, 0.1) is 6.04 Å². The van der Waals surface area contributed by atoms with Gasteiger partial charge in [-0.2, -0.15) is 0 Å². The monoisotopic (exact) mass is 347 g/mol. The highest BCUT2D eigenvalue weighted by Crippen LogP contribution is 2.26. The summed E-state index contributed by atoms with van der Waals surface area (Å²) in [7, 11) is 0. The number of hydrogen-bond acceptors (Lipinski definition) is 2. The molecule has 3 rings (SSSR count). The van der Waals surface area contributed by atoms with Crippen molar-refractivity contribution in [2.24, 2.45) is 5.92 Å². The summed E-state index contributed by atoms with van der Waals surface area (Å²) in [5.41, 5.74) is 1.94. The predicted octanol–water partition coefficient (Wildman–Crippen LogP) is 4.91. The number of carbonyl (C=O) groups excluding carboxylic acids is 1. The molecule has 1 aliphatic rings. The first-order valence-electron chi connectivity index (χ1n) is 9.35. The third kappa shape index (κ3) is 5.67. The summed E-state index contributed by atoms with van der Waals surface area (Å²) in [6, 6.07) is 19.4. The van der Waals surface area contributed by atoms with E-state index in [9.17, 15) is 4.79 Å². The van der Waals surface area contributed by atoms with Crippen LogP contribution in [0.2, 0.25) is 0 Å². The summed E-state index contributed by atoms with van der Waals surface area (Å²) in [5.74, 6) is 6.87. The van der Waals surface area contributed by atoms with Crippen LogP contribution in [0.4, 0.5) is 4.79 Å². The largest absolute Gasteiger partial charge is 0.445 e. The summed E-state index contributed by atoms with van der Waals surface area (Å²) >= 11 is 0. The van der Waals surface area contributed by atoms with E-state index in [1.165, 1.54) is 19.3 Å². The lowest BCUT2D eigenvalue weighted by Gasteiger charge is -2.27. The van der Waals surface area contributed by atoms with Crippen LogP contribution in [-0.4, -0.2) is 12.1 Å². The zero-order chi connectivity index (χ0) is 18.0. The van der Waals surface area contributed by atoms with Crippen LogP contribution < -0.4 is 5.32 Å². The van der Waals surface area contributed by atoms with Crippen molar-refractivity contribution in [1.82, 2.24) is 5.32 Å². The summed E-state index contributed by atoms with van der Waals surface area (Å²) in [5, 5.41) is 2.99. The molecule has 0 bridgehead atoms. The molecule has 0 unspecified atom stereocenters. The molecule has 2 aromatic rings. The lowest BCUT2D eigenvalue weighted by atomic mass is 9.84. The number of rotatable bonds is 4. The fourth-order valence-electron chi connectivity index (χ4n) is 3.31. The van der Waals surface area contributed by atoms with Crippen molar-refractivity contribution in [3.63, 3.8) is 0 Å². The first-order valence-corrected chi connectivity index (χ1v) is 9.35. The van der Waals surface area contributed by atoms with Gasteiger partial charge < -0.3 is 10.1 Å². The second-order valence-electron chi connectivity index (χ2n) is 6.72. The molecule has 0 radical (unpaired) electrons. The van der Waals surface area contributed by atoms with E-state index in [1.54, 1.807) is 0 Å². The van der Waals surface area contributed by atoms with Crippen LogP contribution in [-0.2, 0) is 11.3 Å². The first-order chi connectivity index (χ1) is 12.8. The molecule has 0 aliphatic heterocycles. The average Bonchev–Trinajstić information content (AvgIpc) is 2.72. The van der Waals surface area contributed by atoms with Crippen molar-refractivity contribution >= 4 is 6.09 Å². The van der Waals surface area contributed by atoms with Crippen LogP contribution in [0.15, 0.2) is 60.7 Å². The number of alkyl carbamates (subject to hydrolysis) is 1. The van der Waals surface area contributed by atoms with Crippen molar-refractivity contribution in [3.05, 3.63) is 71.8 Å². The maximum absolute atomic E-state index is 12.3. The number of benzene rings is 2. The van der Waals surface area contributed by atoms with E-state index >= 15 is 0 Å². The highest BCUT2D eigenvalue weighted by molar-refractivity contribution is 5.68. The Morgan fingerprint density at radius 3 is 2.35 bits per heavy atom. The average molecular weight is 347 g/mol. The van der Waals surface area contributed by atoms with Gasteiger partial charge in [-0.25, -0.2) is 4.79 Å². The predicted molar refractivity (Wildman–Crippen MR) is 103 cm³/mol.